The lowest BCUT2D eigenvalue weighted by Gasteiger charge is -2.17. The molecule has 3 aromatic rings. The number of hydrogen-bond acceptors (Lipinski definition) is 0. The molecule has 2 heteroatoms. The molecule has 1 nitrogen and oxygen atoms in total. The van der Waals surface area contributed by atoms with E-state index in [1.54, 1.807) is 0 Å². The highest BCUT2D eigenvalue weighted by molar-refractivity contribution is 6.67. The molecule has 1 unspecified atom stereocenters. The fourth-order valence-electron chi connectivity index (χ4n) is 4.37. The van der Waals surface area contributed by atoms with Crippen molar-refractivity contribution in [2.45, 2.75) is 53.5 Å². The summed E-state index contributed by atoms with van der Waals surface area (Å²) < 4.78 is 2.22. The van der Waals surface area contributed by atoms with E-state index in [0.29, 0.717) is 12.0 Å². The van der Waals surface area contributed by atoms with Crippen LogP contribution in [0.1, 0.15) is 64.6 Å². The number of rotatable bonds is 8. The Bertz CT molecular complexity index is 1240. The summed E-state index contributed by atoms with van der Waals surface area (Å²) in [5, 5.41) is 4.42. The fraction of sp³-hybridized carbons (Fsp3) is 0.310. The largest absolute Gasteiger partial charge is 0.339 e. The Morgan fingerprint density at radius 3 is 2.13 bits per heavy atom. The molecule has 3 rings (SSSR count). The lowest BCUT2D eigenvalue weighted by atomic mass is 9.63. The molecule has 1 atom stereocenters. The minimum atomic E-state index is 0.341. The number of hydrogen-bond donors (Lipinski definition) is 0. The normalized spacial score (nSPS) is 12.3. The molecule has 0 aliphatic carbocycles. The van der Waals surface area contributed by atoms with Crippen LogP contribution in [-0.4, -0.2) is 11.8 Å². The molecule has 0 amide bonds. The first-order valence-electron chi connectivity index (χ1n) is 11.3. The molecule has 0 bridgehead atoms. The Balaban J connectivity index is 2.00. The first kappa shape index (κ1) is 22.9. The van der Waals surface area contributed by atoms with Gasteiger partial charge in [-0.05, 0) is 49.8 Å². The first-order chi connectivity index (χ1) is 14.6. The van der Waals surface area contributed by atoms with Gasteiger partial charge in [-0.2, -0.15) is 0 Å². The van der Waals surface area contributed by atoms with Crippen LogP contribution in [0.4, 0.5) is 0 Å². The van der Waals surface area contributed by atoms with Crippen molar-refractivity contribution in [1.29, 1.82) is 0 Å². The van der Waals surface area contributed by atoms with Crippen molar-refractivity contribution in [3.05, 3.63) is 71.4 Å². The van der Waals surface area contributed by atoms with Gasteiger partial charge in [0.05, 0.1) is 0 Å². The maximum Gasteiger partial charge on any atom is 0.191 e. The van der Waals surface area contributed by atoms with Crippen LogP contribution in [0.15, 0.2) is 49.6 Å². The van der Waals surface area contributed by atoms with E-state index in [0.717, 1.165) is 29.1 Å². The third kappa shape index (κ3) is 4.64. The molecule has 0 saturated carbocycles. The Morgan fingerprint density at radius 1 is 0.903 bits per heavy atom. The van der Waals surface area contributed by atoms with Crippen LogP contribution in [-0.2, 0) is 0 Å². The molecule has 0 aliphatic rings. The minimum absolute atomic E-state index is 0.341. The second-order valence-corrected chi connectivity index (χ2v) is 9.21. The molecular formula is C29H35BN. The zero-order valence-electron chi connectivity index (χ0n) is 19.9. The SMILES string of the molecule is C=C(C)c1ccc([B]c2ccc3c(=C)n(C(C)C)c(=C)c3c2)cc1C(=C)CC(C)CC. The van der Waals surface area contributed by atoms with Gasteiger partial charge in [0, 0.05) is 27.5 Å². The second kappa shape index (κ2) is 9.18. The number of allylic oxidation sites excluding steroid dienone is 2. The van der Waals surface area contributed by atoms with Gasteiger partial charge in [0.15, 0.2) is 7.28 Å². The van der Waals surface area contributed by atoms with Crippen molar-refractivity contribution < 1.29 is 0 Å². The first-order valence-corrected chi connectivity index (χ1v) is 11.3. The van der Waals surface area contributed by atoms with Crippen LogP contribution >= 0.6 is 0 Å². The average Bonchev–Trinajstić information content (AvgIpc) is 2.97. The van der Waals surface area contributed by atoms with Crippen LogP contribution < -0.4 is 21.6 Å². The minimum Gasteiger partial charge on any atom is -0.339 e. The summed E-state index contributed by atoms with van der Waals surface area (Å²) in [6, 6.07) is 13.5. The summed E-state index contributed by atoms with van der Waals surface area (Å²) >= 11 is 0. The van der Waals surface area contributed by atoms with Crippen molar-refractivity contribution in [1.82, 2.24) is 4.57 Å². The van der Waals surface area contributed by atoms with E-state index in [2.05, 4.69) is 109 Å². The highest BCUT2D eigenvalue weighted by Gasteiger charge is 2.13. The van der Waals surface area contributed by atoms with Crippen molar-refractivity contribution in [3.8, 4) is 0 Å². The van der Waals surface area contributed by atoms with Crippen molar-refractivity contribution in [2.75, 3.05) is 0 Å². The van der Waals surface area contributed by atoms with E-state index in [1.807, 2.05) is 0 Å². The smallest absolute Gasteiger partial charge is 0.191 e. The Morgan fingerprint density at radius 2 is 1.52 bits per heavy atom. The third-order valence-corrected chi connectivity index (χ3v) is 6.27. The fourth-order valence-corrected chi connectivity index (χ4v) is 4.37. The van der Waals surface area contributed by atoms with Crippen LogP contribution in [0.2, 0.25) is 0 Å². The Hall–Kier alpha value is -2.74. The number of benzene rings is 2. The summed E-state index contributed by atoms with van der Waals surface area (Å²) in [5.41, 5.74) is 7.01. The van der Waals surface area contributed by atoms with Gasteiger partial charge in [-0.1, -0.05) is 99.5 Å². The second-order valence-electron chi connectivity index (χ2n) is 9.21. The summed E-state index contributed by atoms with van der Waals surface area (Å²) in [4.78, 5) is 0. The van der Waals surface area contributed by atoms with Crippen LogP contribution in [0.25, 0.3) is 35.1 Å². The van der Waals surface area contributed by atoms with Crippen LogP contribution in [0.3, 0.4) is 0 Å². The zero-order valence-corrected chi connectivity index (χ0v) is 19.9. The van der Waals surface area contributed by atoms with Crippen molar-refractivity contribution in [3.63, 3.8) is 0 Å². The summed E-state index contributed by atoms with van der Waals surface area (Å²) in [5.74, 6) is 0.623. The highest BCUT2D eigenvalue weighted by Crippen LogP contribution is 2.28. The van der Waals surface area contributed by atoms with Gasteiger partial charge in [0.25, 0.3) is 0 Å². The van der Waals surface area contributed by atoms with Crippen molar-refractivity contribution in [2.24, 2.45) is 5.92 Å². The maximum atomic E-state index is 4.41. The maximum absolute atomic E-state index is 4.41. The molecule has 0 N–H and O–H groups in total. The molecule has 1 heterocycles. The van der Waals surface area contributed by atoms with Crippen LogP contribution in [0, 0.1) is 5.92 Å². The van der Waals surface area contributed by atoms with Crippen LogP contribution in [0.5, 0.6) is 0 Å². The molecule has 159 valence electrons. The van der Waals surface area contributed by atoms with Gasteiger partial charge in [-0.25, -0.2) is 0 Å². The standard InChI is InChI=1S/C29H35BN/c1-10-20(6)15-21(7)28-16-24(11-13-26(28)18(2)3)30-25-12-14-27-22(8)31(19(4)5)23(9)29(27)17-25/h11-14,16-17,19-20H,2,7-10,15H2,1,3-6H3. The predicted octanol–water partition coefficient (Wildman–Crippen LogP) is 5.18. The lowest BCUT2D eigenvalue weighted by Crippen LogP contribution is -2.28. The summed E-state index contributed by atoms with van der Waals surface area (Å²) in [6.07, 6.45) is 2.16. The van der Waals surface area contributed by atoms with Gasteiger partial charge in [0.2, 0.25) is 0 Å². The van der Waals surface area contributed by atoms with E-state index in [4.69, 9.17) is 0 Å². The topological polar surface area (TPSA) is 4.93 Å². The number of aromatic nitrogens is 1. The Labute approximate surface area is 188 Å². The van der Waals surface area contributed by atoms with Crippen molar-refractivity contribution >= 4 is 53.3 Å². The quantitative estimate of drug-likeness (QED) is 0.453. The Kier molecular flexibility index (Phi) is 6.79. The predicted molar refractivity (Wildman–Crippen MR) is 142 cm³/mol. The molecular weight excluding hydrogens is 373 g/mol. The third-order valence-electron chi connectivity index (χ3n) is 6.27. The van der Waals surface area contributed by atoms with Gasteiger partial charge < -0.3 is 4.57 Å². The van der Waals surface area contributed by atoms with Gasteiger partial charge >= 0.3 is 0 Å². The molecule has 0 saturated heterocycles. The highest BCUT2D eigenvalue weighted by atomic mass is 15.0. The molecule has 1 radical (unpaired) electrons. The molecule has 0 aliphatic heterocycles. The average molecular weight is 408 g/mol. The molecule has 1 aromatic heterocycles. The lowest BCUT2D eigenvalue weighted by molar-refractivity contribution is 0.579. The van der Waals surface area contributed by atoms with Gasteiger partial charge in [-0.3, -0.25) is 0 Å². The van der Waals surface area contributed by atoms with E-state index >= 15 is 0 Å². The summed E-state index contributed by atoms with van der Waals surface area (Å²) in [6.45, 7) is 28.1. The van der Waals surface area contributed by atoms with E-state index in [-0.39, 0.29) is 0 Å². The van der Waals surface area contributed by atoms with Gasteiger partial charge in [-0.15, -0.1) is 0 Å². The molecule has 31 heavy (non-hydrogen) atoms. The van der Waals surface area contributed by atoms with E-state index < -0.39 is 0 Å². The van der Waals surface area contributed by atoms with Gasteiger partial charge in [0.1, 0.15) is 0 Å². The number of fused-ring (bicyclic) bond motifs is 1. The molecule has 0 fully saturated rings. The molecule has 2 aromatic carbocycles. The van der Waals surface area contributed by atoms with E-state index in [1.165, 1.54) is 38.4 Å². The van der Waals surface area contributed by atoms with E-state index in [9.17, 15) is 0 Å². The zero-order chi connectivity index (χ0) is 22.9. The monoisotopic (exact) mass is 408 g/mol. The summed E-state index contributed by atoms with van der Waals surface area (Å²) in [7, 11) is 2.23. The number of nitrogens with zero attached hydrogens (tertiary/aromatic N) is 1. The molecule has 0 spiro atoms.